The van der Waals surface area contributed by atoms with Crippen LogP contribution in [-0.4, -0.2) is 111 Å². The Hall–Kier alpha value is -0.0600. The molecule has 0 spiro atoms. The van der Waals surface area contributed by atoms with Crippen LogP contribution in [-0.2, 0) is 28.7 Å². The summed E-state index contributed by atoms with van der Waals surface area (Å²) in [6.45, 7) is -2.25. The van der Waals surface area contributed by atoms with Gasteiger partial charge in [0.05, 0.1) is 87.1 Å². The van der Waals surface area contributed by atoms with Gasteiger partial charge in [0.25, 0.3) is 5.69 Å². The molecule has 0 fully saturated rings. The Balaban J connectivity index is -0.00000200. The van der Waals surface area contributed by atoms with E-state index in [4.69, 9.17) is 18.9 Å². The molecular formula is C23H29N3Na4O14. The molecule has 0 aromatic heterocycles. The molecule has 0 aliphatic carbocycles. The van der Waals surface area contributed by atoms with Crippen LogP contribution in [0.4, 0.5) is 5.69 Å². The number of carboxylic acids is 4. The minimum Gasteiger partial charge on any atom is -0.549 e. The second-order valence-corrected chi connectivity index (χ2v) is 8.21. The minimum atomic E-state index is -1.66. The first kappa shape index (κ1) is 50.8. The Morgan fingerprint density at radius 3 is 1.66 bits per heavy atom. The molecule has 0 bridgehead atoms. The van der Waals surface area contributed by atoms with E-state index in [0.29, 0.717) is 0 Å². The summed E-state index contributed by atoms with van der Waals surface area (Å²) in [5, 5.41) is 56.4. The van der Waals surface area contributed by atoms with E-state index < -0.39 is 72.8 Å². The first-order valence-electron chi connectivity index (χ1n) is 11.7. The summed E-state index contributed by atoms with van der Waals surface area (Å²) in [6.07, 6.45) is 0. The maximum Gasteiger partial charge on any atom is 1.00 e. The fourth-order valence-electron chi connectivity index (χ4n) is 3.63. The molecule has 0 heterocycles. The quantitative estimate of drug-likeness (QED) is 0.0513. The van der Waals surface area contributed by atoms with E-state index in [1.165, 1.54) is 27.2 Å². The largest absolute Gasteiger partial charge is 1.00 e. The van der Waals surface area contributed by atoms with Gasteiger partial charge in [-0.3, -0.25) is 19.9 Å². The fraction of sp³-hybridized carbons (Fsp3) is 0.565. The smallest absolute Gasteiger partial charge is 0.549 e. The van der Waals surface area contributed by atoms with Crippen molar-refractivity contribution in [3.8, 4) is 11.5 Å². The van der Waals surface area contributed by atoms with Crippen LogP contribution in [0.15, 0.2) is 12.1 Å². The summed E-state index contributed by atoms with van der Waals surface area (Å²) < 4.78 is 21.1. The zero-order chi connectivity index (χ0) is 30.4. The molecule has 2 unspecified atom stereocenters. The average Bonchev–Trinajstić information content (AvgIpc) is 2.87. The number of carbonyl (C=O) groups is 4. The third-order valence-electron chi connectivity index (χ3n) is 5.59. The Labute approximate surface area is 342 Å². The van der Waals surface area contributed by atoms with Crippen LogP contribution in [0, 0.1) is 10.1 Å². The van der Waals surface area contributed by atoms with E-state index in [9.17, 15) is 49.7 Å². The zero-order valence-corrected chi connectivity index (χ0v) is 34.0. The molecule has 2 atom stereocenters. The molecule has 1 aromatic rings. The molecular weight excluding hydrogens is 634 g/mol. The fourth-order valence-corrected chi connectivity index (χ4v) is 3.63. The minimum absolute atomic E-state index is 0. The Morgan fingerprint density at radius 2 is 1.23 bits per heavy atom. The molecule has 0 N–H and O–H groups in total. The van der Waals surface area contributed by atoms with Crippen molar-refractivity contribution in [3.05, 3.63) is 27.8 Å². The van der Waals surface area contributed by atoms with Crippen molar-refractivity contribution in [3.63, 3.8) is 0 Å². The van der Waals surface area contributed by atoms with Crippen molar-refractivity contribution in [1.29, 1.82) is 0 Å². The second-order valence-electron chi connectivity index (χ2n) is 8.21. The van der Waals surface area contributed by atoms with E-state index in [2.05, 4.69) is 0 Å². The number of hydrogen-bond acceptors (Lipinski definition) is 16. The molecule has 17 nitrogen and oxygen atoms in total. The van der Waals surface area contributed by atoms with E-state index in [0.717, 1.165) is 15.9 Å². The average molecular weight is 663 g/mol. The number of carboxylic acid groups (broad SMARTS) is 4. The summed E-state index contributed by atoms with van der Waals surface area (Å²) in [5.41, 5.74) is -0.667. The number of ether oxygens (including phenoxy) is 4. The van der Waals surface area contributed by atoms with Gasteiger partial charge in [-0.15, -0.1) is 0 Å². The van der Waals surface area contributed by atoms with Gasteiger partial charge in [-0.1, -0.05) is 0 Å². The van der Waals surface area contributed by atoms with Gasteiger partial charge in [-0.2, -0.15) is 0 Å². The number of nitro benzene ring substituents is 1. The van der Waals surface area contributed by atoms with E-state index in [-0.39, 0.29) is 162 Å². The van der Waals surface area contributed by atoms with Gasteiger partial charge in [0.15, 0.2) is 11.5 Å². The Bertz CT molecular complexity index is 1050. The monoisotopic (exact) mass is 663 g/mol. The van der Waals surface area contributed by atoms with Crippen molar-refractivity contribution < 1.29 is 182 Å². The summed E-state index contributed by atoms with van der Waals surface area (Å²) >= 11 is 0. The standard InChI is InChI=1S/C23H33N3O14.4Na/c1-14(23(33)34)24(10-20(27)28)4-5-39-6-7-40-13-17(25(11-21(29)30)12-22(31)32)15-8-18(37-2)19(38-3)9-16(15)26(35)36;;;;/h8-9,14,17H,4-7,10-13H2,1-3H3,(H,27,28)(H,29,30)(H,31,32)(H,33,34);;;;/q;4*+1/p-4. The molecule has 224 valence electrons. The summed E-state index contributed by atoms with van der Waals surface area (Å²) in [5.74, 6) is -6.26. The van der Waals surface area contributed by atoms with Gasteiger partial charge in [0, 0.05) is 32.2 Å². The van der Waals surface area contributed by atoms with Crippen LogP contribution >= 0.6 is 0 Å². The predicted octanol–water partition coefficient (Wildman–Crippen LogP) is -17.3. The molecule has 21 heteroatoms. The number of nitrogens with zero attached hydrogens (tertiary/aromatic N) is 3. The first-order chi connectivity index (χ1) is 18.8. The third-order valence-corrected chi connectivity index (χ3v) is 5.59. The number of carbonyl (C=O) groups excluding carboxylic acids is 4. The second kappa shape index (κ2) is 26.9. The summed E-state index contributed by atoms with van der Waals surface area (Å²) in [4.78, 5) is 57.5. The number of benzene rings is 1. The van der Waals surface area contributed by atoms with E-state index >= 15 is 0 Å². The van der Waals surface area contributed by atoms with E-state index in [1.807, 2.05) is 0 Å². The predicted molar refractivity (Wildman–Crippen MR) is 123 cm³/mol. The Morgan fingerprint density at radius 1 is 0.773 bits per heavy atom. The molecule has 0 saturated heterocycles. The van der Waals surface area contributed by atoms with Crippen LogP contribution in [0.5, 0.6) is 11.5 Å². The SMILES string of the molecule is COc1cc(C(COCCOCCN(CC(=O)[O-])C(C)C(=O)[O-])N(CC(=O)[O-])CC(=O)[O-])c([N+](=O)[O-])cc1OC.[Na+].[Na+].[Na+].[Na+]. The summed E-state index contributed by atoms with van der Waals surface area (Å²) in [7, 11) is 2.51. The number of rotatable bonds is 21. The van der Waals surface area contributed by atoms with Crippen LogP contribution in [0.3, 0.4) is 0 Å². The van der Waals surface area contributed by atoms with Gasteiger partial charge in [-0.25, -0.2) is 0 Å². The molecule has 0 amide bonds. The van der Waals surface area contributed by atoms with Gasteiger partial charge < -0.3 is 58.6 Å². The normalized spacial score (nSPS) is 11.5. The van der Waals surface area contributed by atoms with Crippen LogP contribution in [0.1, 0.15) is 18.5 Å². The Kier molecular flexibility index (Phi) is 31.1. The maximum absolute atomic E-state index is 11.8. The molecule has 0 aliphatic heterocycles. The van der Waals surface area contributed by atoms with Crippen LogP contribution in [0.25, 0.3) is 0 Å². The molecule has 44 heavy (non-hydrogen) atoms. The van der Waals surface area contributed by atoms with Gasteiger partial charge in [-0.05, 0) is 13.0 Å². The number of methoxy groups -OCH3 is 2. The zero-order valence-electron chi connectivity index (χ0n) is 26.0. The topological polar surface area (TPSA) is 247 Å². The van der Waals surface area contributed by atoms with E-state index in [1.54, 1.807) is 0 Å². The number of nitro groups is 1. The summed E-state index contributed by atoms with van der Waals surface area (Å²) in [6, 6.07) is -0.302. The molecule has 1 rings (SSSR count). The van der Waals surface area contributed by atoms with Gasteiger partial charge >= 0.3 is 118 Å². The molecule has 0 radical (unpaired) electrons. The van der Waals surface area contributed by atoms with Crippen LogP contribution < -0.4 is 148 Å². The molecule has 1 aromatic carbocycles. The van der Waals surface area contributed by atoms with Crippen LogP contribution in [0.2, 0.25) is 0 Å². The number of hydrogen-bond donors (Lipinski definition) is 0. The van der Waals surface area contributed by atoms with Crippen molar-refractivity contribution in [1.82, 2.24) is 9.80 Å². The number of aliphatic carboxylic acids is 4. The van der Waals surface area contributed by atoms with Crippen molar-refractivity contribution >= 4 is 29.6 Å². The maximum atomic E-state index is 11.8. The molecule has 0 saturated carbocycles. The van der Waals surface area contributed by atoms with Gasteiger partial charge in [0.1, 0.15) is 0 Å². The third kappa shape index (κ3) is 18.3. The van der Waals surface area contributed by atoms with Crippen molar-refractivity contribution in [2.45, 2.75) is 19.0 Å². The van der Waals surface area contributed by atoms with Crippen molar-refractivity contribution in [2.75, 3.05) is 66.8 Å². The first-order valence-corrected chi connectivity index (χ1v) is 11.7. The molecule has 0 aliphatic rings. The van der Waals surface area contributed by atoms with Crippen molar-refractivity contribution in [2.24, 2.45) is 0 Å². The van der Waals surface area contributed by atoms with Gasteiger partial charge in [0.2, 0.25) is 0 Å².